The zero-order chi connectivity index (χ0) is 16.2. The summed E-state index contributed by atoms with van der Waals surface area (Å²) in [5, 5.41) is 4.39. The van der Waals surface area contributed by atoms with Gasteiger partial charge in [0.1, 0.15) is 5.15 Å². The van der Waals surface area contributed by atoms with Crippen molar-refractivity contribution in [1.29, 1.82) is 0 Å². The summed E-state index contributed by atoms with van der Waals surface area (Å²) < 4.78 is 0. The van der Waals surface area contributed by atoms with Crippen molar-refractivity contribution in [2.24, 2.45) is 5.92 Å². The summed E-state index contributed by atoms with van der Waals surface area (Å²) in [5.74, 6) is 0.799. The van der Waals surface area contributed by atoms with Crippen LogP contribution in [0.15, 0.2) is 30.3 Å². The fourth-order valence-corrected chi connectivity index (χ4v) is 3.11. The zero-order valence-corrected chi connectivity index (χ0v) is 14.1. The van der Waals surface area contributed by atoms with Crippen LogP contribution in [0, 0.1) is 5.92 Å². The standard InChI is InChI=1S/C18H22ClN3O/c1-13-6-9-22(10-7-13)11-8-20-18(23)15-2-4-16-14(12-15)3-5-17(19)21-16/h2-5,12-13H,6-11H2,1H3,(H,20,23). The minimum absolute atomic E-state index is 0.0350. The average Bonchev–Trinajstić information content (AvgIpc) is 2.56. The lowest BCUT2D eigenvalue weighted by Crippen LogP contribution is -2.39. The fraction of sp³-hybridized carbons (Fsp3) is 0.444. The number of carbonyl (C=O) groups is 1. The number of carbonyl (C=O) groups excluding carboxylic acids is 1. The number of fused-ring (bicyclic) bond motifs is 1. The SMILES string of the molecule is CC1CCN(CCNC(=O)c2ccc3nc(Cl)ccc3c2)CC1. The van der Waals surface area contributed by atoms with E-state index in [1.807, 2.05) is 18.2 Å². The highest BCUT2D eigenvalue weighted by molar-refractivity contribution is 6.29. The molecule has 1 fully saturated rings. The predicted octanol–water partition coefficient (Wildman–Crippen LogP) is 3.35. The molecule has 1 N–H and O–H groups in total. The van der Waals surface area contributed by atoms with Gasteiger partial charge in [-0.15, -0.1) is 0 Å². The number of pyridine rings is 1. The van der Waals surface area contributed by atoms with Gasteiger partial charge in [-0.2, -0.15) is 0 Å². The smallest absolute Gasteiger partial charge is 0.251 e. The Morgan fingerprint density at radius 2 is 2.09 bits per heavy atom. The van der Waals surface area contributed by atoms with Crippen LogP contribution in [0.2, 0.25) is 5.15 Å². The number of nitrogens with zero attached hydrogens (tertiary/aromatic N) is 2. The highest BCUT2D eigenvalue weighted by Gasteiger charge is 2.15. The normalized spacial score (nSPS) is 16.6. The summed E-state index contributed by atoms with van der Waals surface area (Å²) in [6, 6.07) is 9.11. The molecule has 5 heteroatoms. The number of halogens is 1. The van der Waals surface area contributed by atoms with Crippen LogP contribution in [0.4, 0.5) is 0 Å². The van der Waals surface area contributed by atoms with E-state index >= 15 is 0 Å². The molecule has 4 nitrogen and oxygen atoms in total. The lowest BCUT2D eigenvalue weighted by molar-refractivity contribution is 0.0944. The first kappa shape index (κ1) is 16.2. The van der Waals surface area contributed by atoms with E-state index in [0.29, 0.717) is 17.3 Å². The van der Waals surface area contributed by atoms with Gasteiger partial charge in [-0.3, -0.25) is 4.79 Å². The molecule has 2 heterocycles. The van der Waals surface area contributed by atoms with Crippen molar-refractivity contribution in [1.82, 2.24) is 15.2 Å². The van der Waals surface area contributed by atoms with Crippen LogP contribution in [0.25, 0.3) is 10.9 Å². The van der Waals surface area contributed by atoms with Crippen LogP contribution in [0.1, 0.15) is 30.1 Å². The van der Waals surface area contributed by atoms with E-state index in [4.69, 9.17) is 11.6 Å². The van der Waals surface area contributed by atoms with E-state index in [-0.39, 0.29) is 5.91 Å². The van der Waals surface area contributed by atoms with E-state index in [9.17, 15) is 4.79 Å². The first-order valence-corrected chi connectivity index (χ1v) is 8.56. The molecule has 1 aliphatic heterocycles. The topological polar surface area (TPSA) is 45.2 Å². The molecule has 23 heavy (non-hydrogen) atoms. The molecule has 1 saturated heterocycles. The van der Waals surface area contributed by atoms with E-state index < -0.39 is 0 Å². The molecule has 1 amide bonds. The van der Waals surface area contributed by atoms with Crippen molar-refractivity contribution < 1.29 is 4.79 Å². The van der Waals surface area contributed by atoms with E-state index in [2.05, 4.69) is 22.1 Å². The van der Waals surface area contributed by atoms with Crippen molar-refractivity contribution in [2.45, 2.75) is 19.8 Å². The van der Waals surface area contributed by atoms with Gasteiger partial charge >= 0.3 is 0 Å². The molecule has 0 spiro atoms. The van der Waals surface area contributed by atoms with Gasteiger partial charge in [-0.05, 0) is 62.2 Å². The molecule has 1 aromatic carbocycles. The van der Waals surface area contributed by atoms with E-state index in [1.165, 1.54) is 12.8 Å². The molecule has 0 aliphatic carbocycles. The maximum Gasteiger partial charge on any atom is 0.251 e. The third kappa shape index (κ3) is 4.21. The summed E-state index contributed by atoms with van der Waals surface area (Å²) in [6.07, 6.45) is 2.52. The first-order chi connectivity index (χ1) is 11.1. The minimum atomic E-state index is -0.0350. The van der Waals surface area contributed by atoms with Gasteiger partial charge in [0.25, 0.3) is 5.91 Å². The molecule has 0 saturated carbocycles. The number of piperidine rings is 1. The lowest BCUT2D eigenvalue weighted by Gasteiger charge is -2.30. The third-order valence-electron chi connectivity index (χ3n) is 4.51. The molecule has 1 aromatic heterocycles. The Morgan fingerprint density at radius 1 is 1.30 bits per heavy atom. The third-order valence-corrected chi connectivity index (χ3v) is 4.72. The summed E-state index contributed by atoms with van der Waals surface area (Å²) in [7, 11) is 0. The molecule has 0 atom stereocenters. The Morgan fingerprint density at radius 3 is 2.87 bits per heavy atom. The number of amides is 1. The Bertz CT molecular complexity index is 696. The van der Waals surface area contributed by atoms with E-state index in [0.717, 1.165) is 36.5 Å². The molecule has 0 bridgehead atoms. The van der Waals surface area contributed by atoms with Crippen LogP contribution >= 0.6 is 11.6 Å². The maximum absolute atomic E-state index is 12.3. The van der Waals surface area contributed by atoms with Gasteiger partial charge in [-0.1, -0.05) is 18.5 Å². The van der Waals surface area contributed by atoms with Crippen LogP contribution in [0.5, 0.6) is 0 Å². The molecule has 1 aliphatic rings. The van der Waals surface area contributed by atoms with Gasteiger partial charge in [0.05, 0.1) is 5.52 Å². The second-order valence-electron chi connectivity index (χ2n) is 6.32. The molecule has 0 unspecified atom stereocenters. The van der Waals surface area contributed by atoms with Crippen molar-refractivity contribution in [3.8, 4) is 0 Å². The Labute approximate surface area is 141 Å². The van der Waals surface area contributed by atoms with Crippen LogP contribution in [-0.2, 0) is 0 Å². The summed E-state index contributed by atoms with van der Waals surface area (Å²) >= 11 is 5.88. The van der Waals surface area contributed by atoms with Gasteiger partial charge in [0, 0.05) is 24.0 Å². The molecule has 122 valence electrons. The first-order valence-electron chi connectivity index (χ1n) is 8.19. The number of hydrogen-bond donors (Lipinski definition) is 1. The zero-order valence-electron chi connectivity index (χ0n) is 13.4. The van der Waals surface area contributed by atoms with Crippen LogP contribution < -0.4 is 5.32 Å². The predicted molar refractivity (Wildman–Crippen MR) is 93.9 cm³/mol. The molecular weight excluding hydrogens is 310 g/mol. The van der Waals surface area contributed by atoms with Gasteiger partial charge in [0.15, 0.2) is 0 Å². The van der Waals surface area contributed by atoms with Gasteiger partial charge in [-0.25, -0.2) is 4.98 Å². The van der Waals surface area contributed by atoms with Crippen LogP contribution in [0.3, 0.4) is 0 Å². The number of rotatable bonds is 4. The minimum Gasteiger partial charge on any atom is -0.351 e. The average molecular weight is 332 g/mol. The largest absolute Gasteiger partial charge is 0.351 e. The molecule has 3 rings (SSSR count). The summed E-state index contributed by atoms with van der Waals surface area (Å²) in [4.78, 5) is 18.9. The molecule has 2 aromatic rings. The van der Waals surface area contributed by atoms with Crippen molar-refractivity contribution in [3.05, 3.63) is 41.0 Å². The lowest BCUT2D eigenvalue weighted by atomic mass is 9.99. The number of nitrogens with one attached hydrogen (secondary N) is 1. The fourth-order valence-electron chi connectivity index (χ4n) is 2.96. The quantitative estimate of drug-likeness (QED) is 0.874. The van der Waals surface area contributed by atoms with Crippen molar-refractivity contribution in [2.75, 3.05) is 26.2 Å². The Hall–Kier alpha value is -1.65. The van der Waals surface area contributed by atoms with Crippen molar-refractivity contribution >= 4 is 28.4 Å². The Balaban J connectivity index is 1.55. The van der Waals surface area contributed by atoms with Gasteiger partial charge in [0.2, 0.25) is 0 Å². The number of likely N-dealkylation sites (tertiary alicyclic amines) is 1. The number of hydrogen-bond acceptors (Lipinski definition) is 3. The second-order valence-corrected chi connectivity index (χ2v) is 6.71. The van der Waals surface area contributed by atoms with Crippen molar-refractivity contribution in [3.63, 3.8) is 0 Å². The number of benzene rings is 1. The monoisotopic (exact) mass is 331 g/mol. The van der Waals surface area contributed by atoms with Gasteiger partial charge < -0.3 is 10.2 Å². The second kappa shape index (κ2) is 7.28. The molecular formula is C18H22ClN3O. The van der Waals surface area contributed by atoms with Crippen LogP contribution in [-0.4, -0.2) is 42.0 Å². The Kier molecular flexibility index (Phi) is 5.13. The summed E-state index contributed by atoms with van der Waals surface area (Å²) in [5.41, 5.74) is 1.46. The van der Waals surface area contributed by atoms with E-state index in [1.54, 1.807) is 12.1 Å². The maximum atomic E-state index is 12.3. The highest BCUT2D eigenvalue weighted by Crippen LogP contribution is 2.17. The highest BCUT2D eigenvalue weighted by atomic mass is 35.5. The molecule has 0 radical (unpaired) electrons. The summed E-state index contributed by atoms with van der Waals surface area (Å²) in [6.45, 7) is 6.19. The number of aromatic nitrogens is 1.